The third-order valence-corrected chi connectivity index (χ3v) is 12.6. The van der Waals surface area contributed by atoms with Crippen molar-refractivity contribution in [3.8, 4) is 0 Å². The second kappa shape index (κ2) is 51.7. The number of allylic oxidation sites excluding steroid dienone is 5. The minimum Gasteiger partial charge on any atom is -0.481 e. The summed E-state index contributed by atoms with van der Waals surface area (Å²) in [5.41, 5.74) is 0.794. The van der Waals surface area contributed by atoms with Gasteiger partial charge in [-0.1, -0.05) is 154 Å². The molecule has 69 heavy (non-hydrogen) atoms. The summed E-state index contributed by atoms with van der Waals surface area (Å²) in [6, 6.07) is -0.454. The summed E-state index contributed by atoms with van der Waals surface area (Å²) < 4.78 is 0. The van der Waals surface area contributed by atoms with Crippen molar-refractivity contribution in [2.45, 2.75) is 283 Å². The average Bonchev–Trinajstić information content (AvgIpc) is 3.29. The quantitative estimate of drug-likeness (QED) is 0.0169. The van der Waals surface area contributed by atoms with Crippen molar-refractivity contribution in [1.29, 1.82) is 0 Å². The zero-order chi connectivity index (χ0) is 51.4. The van der Waals surface area contributed by atoms with E-state index in [0.29, 0.717) is 56.2 Å². The predicted molar refractivity (Wildman–Crippen MR) is 277 cm³/mol. The van der Waals surface area contributed by atoms with Crippen LogP contribution in [0.3, 0.4) is 0 Å². The van der Waals surface area contributed by atoms with E-state index in [1.807, 2.05) is 6.08 Å². The lowest BCUT2D eigenvalue weighted by atomic mass is 10.0. The molecule has 0 heterocycles. The van der Waals surface area contributed by atoms with Crippen molar-refractivity contribution in [2.75, 3.05) is 6.54 Å². The maximum Gasteiger partial charge on any atom is 0.331 e. The summed E-state index contributed by atoms with van der Waals surface area (Å²) >= 11 is 0. The normalized spacial score (nSPS) is 12.2. The van der Waals surface area contributed by atoms with Crippen LogP contribution in [0, 0.1) is 30.3 Å². The van der Waals surface area contributed by atoms with E-state index in [1.165, 1.54) is 25.7 Å². The highest BCUT2D eigenvalue weighted by atomic mass is 16.6. The molecule has 0 saturated heterocycles. The Morgan fingerprint density at radius 2 is 0.797 bits per heavy atom. The molecule has 3 N–H and O–H groups in total. The summed E-state index contributed by atoms with van der Waals surface area (Å²) in [6.07, 6.45) is 46.5. The van der Waals surface area contributed by atoms with Crippen LogP contribution in [0.2, 0.25) is 0 Å². The van der Waals surface area contributed by atoms with Gasteiger partial charge in [0.1, 0.15) is 0 Å². The number of carbonyl (C=O) groups is 3. The third kappa shape index (κ3) is 53.0. The van der Waals surface area contributed by atoms with E-state index < -0.39 is 23.9 Å². The number of nitrogens with zero attached hydrogens (tertiary/aromatic N) is 3. The van der Waals surface area contributed by atoms with Crippen LogP contribution in [0.15, 0.2) is 35.6 Å². The van der Waals surface area contributed by atoms with Gasteiger partial charge in [0.05, 0.1) is 4.92 Å². The molecule has 15 heteroatoms. The van der Waals surface area contributed by atoms with E-state index >= 15 is 0 Å². The van der Waals surface area contributed by atoms with Crippen LogP contribution in [0.5, 0.6) is 0 Å². The van der Waals surface area contributed by atoms with Crippen molar-refractivity contribution < 1.29 is 44.5 Å². The Bertz CT molecular complexity index is 1400. The smallest absolute Gasteiger partial charge is 0.331 e. The zero-order valence-electron chi connectivity index (χ0n) is 43.1. The lowest BCUT2D eigenvalue weighted by Gasteiger charge is -2.09. The maximum atomic E-state index is 11.7. The highest BCUT2D eigenvalue weighted by molar-refractivity contribution is 5.86. The number of nitro groups is 3. The number of rotatable bonds is 51. The maximum absolute atomic E-state index is 11.7. The largest absolute Gasteiger partial charge is 0.481 e. The molecule has 0 rings (SSSR count). The minimum atomic E-state index is -0.860. The molecule has 0 aromatic rings. The fourth-order valence-electron chi connectivity index (χ4n) is 8.30. The molecule has 0 bridgehead atoms. The van der Waals surface area contributed by atoms with Crippen LogP contribution in [0.4, 0.5) is 0 Å². The van der Waals surface area contributed by atoms with Crippen LogP contribution in [0.25, 0.3) is 0 Å². The Morgan fingerprint density at radius 3 is 1.22 bits per heavy atom. The summed E-state index contributed by atoms with van der Waals surface area (Å²) in [5.74, 6) is -2.28. The Kier molecular flexibility index (Phi) is 50.1. The molecule has 0 aliphatic carbocycles. The fraction of sp³-hybridized carbons (Fsp3) is 0.833. The molecular weight excluding hydrogens is 883 g/mol. The minimum absolute atomic E-state index is 0.0995. The van der Waals surface area contributed by atoms with Crippen LogP contribution in [0.1, 0.15) is 277 Å². The molecule has 15 nitrogen and oxygen atoms in total. The molecule has 0 aliphatic rings. The first-order valence-electron chi connectivity index (χ1n) is 27.4. The highest BCUT2D eigenvalue weighted by Gasteiger charge is 2.18. The molecule has 0 aromatic carbocycles. The van der Waals surface area contributed by atoms with Gasteiger partial charge >= 0.3 is 17.9 Å². The van der Waals surface area contributed by atoms with Crippen molar-refractivity contribution in [3.05, 3.63) is 65.9 Å². The van der Waals surface area contributed by atoms with Gasteiger partial charge in [0.25, 0.3) is 0 Å². The van der Waals surface area contributed by atoms with Crippen LogP contribution in [-0.4, -0.2) is 60.6 Å². The molecule has 1 unspecified atom stereocenters. The highest BCUT2D eigenvalue weighted by Crippen LogP contribution is 2.19. The van der Waals surface area contributed by atoms with Gasteiger partial charge in [0.15, 0.2) is 0 Å². The summed E-state index contributed by atoms with van der Waals surface area (Å²) in [7, 11) is 0. The molecule has 0 saturated carbocycles. The number of hydrogen-bond donors (Lipinski definition) is 3. The second-order valence-corrected chi connectivity index (χ2v) is 18.9. The van der Waals surface area contributed by atoms with Crippen molar-refractivity contribution in [3.63, 3.8) is 0 Å². The van der Waals surface area contributed by atoms with Crippen LogP contribution >= 0.6 is 0 Å². The third-order valence-electron chi connectivity index (χ3n) is 12.6. The van der Waals surface area contributed by atoms with Gasteiger partial charge in [-0.3, -0.25) is 39.9 Å². The number of aliphatic carboxylic acids is 3. The summed E-state index contributed by atoms with van der Waals surface area (Å²) in [6.45, 7) is 2.26. The van der Waals surface area contributed by atoms with Crippen molar-refractivity contribution in [1.82, 2.24) is 0 Å². The molecule has 0 aromatic heterocycles. The first-order chi connectivity index (χ1) is 33.3. The van der Waals surface area contributed by atoms with Crippen LogP contribution < -0.4 is 0 Å². The SMILES string of the molecule is CCCCCCCC(CCCCCC=C(CCCCCCCCC=C(CCCCCCCCCCCC(=O)O)[N+](=O)[O-])C(=O)O)[N+](=O)[O-].O=C(O)CCCCCCC/C=C/CCCCCC[N+](=O)[O-]. The van der Waals surface area contributed by atoms with E-state index in [9.17, 15) is 49.8 Å². The Balaban J connectivity index is 0. The Morgan fingerprint density at radius 1 is 0.435 bits per heavy atom. The van der Waals surface area contributed by atoms with Gasteiger partial charge in [-0.15, -0.1) is 0 Å². The summed E-state index contributed by atoms with van der Waals surface area (Å²) in [5, 5.41) is 59.6. The van der Waals surface area contributed by atoms with E-state index in [0.717, 1.165) is 193 Å². The first kappa shape index (κ1) is 66.9. The van der Waals surface area contributed by atoms with Gasteiger partial charge in [-0.2, -0.15) is 0 Å². The fourth-order valence-corrected chi connectivity index (χ4v) is 8.30. The number of unbranched alkanes of at least 4 members (excludes halogenated alkanes) is 30. The monoisotopic (exact) mass is 980 g/mol. The topological polar surface area (TPSA) is 241 Å². The van der Waals surface area contributed by atoms with Crippen molar-refractivity contribution in [2.24, 2.45) is 0 Å². The van der Waals surface area contributed by atoms with Gasteiger partial charge in [0.2, 0.25) is 18.3 Å². The number of carboxylic acid groups (broad SMARTS) is 3. The predicted octanol–water partition coefficient (Wildman–Crippen LogP) is 16.2. The molecule has 0 amide bonds. The van der Waals surface area contributed by atoms with E-state index in [2.05, 4.69) is 19.1 Å². The molecule has 1 atom stereocenters. The van der Waals surface area contributed by atoms with E-state index in [-0.39, 0.29) is 27.7 Å². The number of hydrogen-bond acceptors (Lipinski definition) is 9. The van der Waals surface area contributed by atoms with Gasteiger partial charge < -0.3 is 15.3 Å². The molecule has 400 valence electrons. The Hall–Kier alpha value is -4.17. The van der Waals surface area contributed by atoms with Gasteiger partial charge in [0, 0.05) is 53.9 Å². The molecule has 0 aliphatic heterocycles. The standard InChI is InChI=1S/C38H68N2O8.C16H29NO4/c1-2-3-4-13-22-29-35(39(45)46)32-25-19-18-21-28-34(38(43)44)27-20-14-9-8-11-16-24-31-36(40(47)48)30-23-15-10-6-5-7-12-17-26-33-37(41)42;18-16(19)14-12-10-8-6-4-2-1-3-5-7-9-11-13-15-17(20)21/h28,31,35H,2-27,29-30,32-33H2,1H3,(H,41,42)(H,43,44);1,3H,2,4-15H2,(H,18,19)/b;3-1+. The number of carboxylic acids is 3. The Labute approximate surface area is 416 Å². The first-order valence-corrected chi connectivity index (χ1v) is 27.4. The molecule has 0 radical (unpaired) electrons. The van der Waals surface area contributed by atoms with Crippen molar-refractivity contribution >= 4 is 17.9 Å². The van der Waals surface area contributed by atoms with Crippen LogP contribution in [-0.2, 0) is 14.4 Å². The average molecular weight is 980 g/mol. The van der Waals surface area contributed by atoms with Gasteiger partial charge in [-0.05, 0) is 109 Å². The lowest BCUT2D eigenvalue weighted by Crippen LogP contribution is -2.19. The molecule has 0 fully saturated rings. The molecular formula is C54H97N3O12. The van der Waals surface area contributed by atoms with E-state index in [1.54, 1.807) is 6.08 Å². The van der Waals surface area contributed by atoms with Gasteiger partial charge in [-0.25, -0.2) is 4.79 Å². The zero-order valence-corrected chi connectivity index (χ0v) is 43.1. The summed E-state index contributed by atoms with van der Waals surface area (Å²) in [4.78, 5) is 64.8. The lowest BCUT2D eigenvalue weighted by molar-refractivity contribution is -0.524. The second-order valence-electron chi connectivity index (χ2n) is 18.9. The molecule has 0 spiro atoms. The van der Waals surface area contributed by atoms with E-state index in [4.69, 9.17) is 10.2 Å².